The van der Waals surface area contributed by atoms with E-state index in [2.05, 4.69) is 104 Å². The van der Waals surface area contributed by atoms with Crippen LogP contribution in [-0.2, 0) is 19.1 Å². The summed E-state index contributed by atoms with van der Waals surface area (Å²) in [6.07, 6.45) is 54.5. The molecule has 0 aromatic carbocycles. The van der Waals surface area contributed by atoms with Crippen molar-refractivity contribution < 1.29 is 24.2 Å². The van der Waals surface area contributed by atoms with Crippen molar-refractivity contribution in [2.45, 2.75) is 174 Å². The maximum atomic E-state index is 12.7. The van der Waals surface area contributed by atoms with E-state index in [4.69, 9.17) is 10.5 Å². The maximum absolute atomic E-state index is 12.7. The van der Waals surface area contributed by atoms with E-state index >= 15 is 0 Å². The molecule has 2 unspecified atom stereocenters. The molecular weight excluding hydrogens is 673 g/mol. The molecule has 0 fully saturated rings. The van der Waals surface area contributed by atoms with Gasteiger partial charge in [0.2, 0.25) is 5.91 Å². The molecule has 0 rings (SSSR count). The van der Waals surface area contributed by atoms with Crippen LogP contribution in [0, 0.1) is 0 Å². The van der Waals surface area contributed by atoms with Crippen molar-refractivity contribution in [1.82, 2.24) is 5.32 Å². The van der Waals surface area contributed by atoms with Gasteiger partial charge in [-0.15, -0.1) is 0 Å². The summed E-state index contributed by atoms with van der Waals surface area (Å²) in [5, 5.41) is 12.0. The molecule has 0 radical (unpaired) electrons. The fourth-order valence-electron chi connectivity index (χ4n) is 5.53. The van der Waals surface area contributed by atoms with Crippen molar-refractivity contribution in [3.63, 3.8) is 0 Å². The van der Waals surface area contributed by atoms with Gasteiger partial charge in [-0.05, 0) is 115 Å². The van der Waals surface area contributed by atoms with Crippen molar-refractivity contribution in [3.05, 3.63) is 97.2 Å². The second-order valence-corrected chi connectivity index (χ2v) is 13.6. The van der Waals surface area contributed by atoms with E-state index in [0.717, 1.165) is 77.0 Å². The van der Waals surface area contributed by atoms with E-state index in [1.807, 2.05) is 12.2 Å². The molecule has 2 atom stereocenters. The van der Waals surface area contributed by atoms with Gasteiger partial charge < -0.3 is 20.9 Å². The Morgan fingerprint density at radius 1 is 0.556 bits per heavy atom. The normalized spacial score (nSPS) is 13.7. The van der Waals surface area contributed by atoms with E-state index in [0.29, 0.717) is 45.1 Å². The highest BCUT2D eigenvalue weighted by molar-refractivity contribution is 5.83. The molecule has 0 bridgehead atoms. The van der Waals surface area contributed by atoms with Gasteiger partial charge in [0.1, 0.15) is 12.1 Å². The fraction of sp³-hybridized carbons (Fsp3) is 0.596. The molecule has 0 heterocycles. The van der Waals surface area contributed by atoms with Crippen molar-refractivity contribution in [3.8, 4) is 0 Å². The lowest BCUT2D eigenvalue weighted by molar-refractivity contribution is -0.147. The molecule has 1 amide bonds. The quantitative estimate of drug-likeness (QED) is 0.0333. The fourth-order valence-corrected chi connectivity index (χ4v) is 5.53. The molecule has 7 heteroatoms. The van der Waals surface area contributed by atoms with Crippen LogP contribution in [0.4, 0.5) is 0 Å². The van der Waals surface area contributed by atoms with Crippen LogP contribution in [-0.4, -0.2) is 41.6 Å². The SMILES string of the molecule is CC/C=C\C/C=C\C/C=C\C/C=C\C/C=C\C(CCCCC(=O)NC(CCCN)C(=O)O)OC(=O)CCCCCCCCC/C=C\C/C=C\C/C=C\CC. The molecule has 0 spiro atoms. The number of amides is 1. The highest BCUT2D eigenvalue weighted by atomic mass is 16.5. The molecule has 0 aromatic rings. The van der Waals surface area contributed by atoms with Gasteiger partial charge >= 0.3 is 11.9 Å². The highest BCUT2D eigenvalue weighted by Crippen LogP contribution is 2.14. The molecule has 0 aromatic heterocycles. The van der Waals surface area contributed by atoms with Gasteiger partial charge in [-0.2, -0.15) is 0 Å². The minimum Gasteiger partial charge on any atom is -0.480 e. The van der Waals surface area contributed by atoms with Crippen LogP contribution in [0.25, 0.3) is 0 Å². The zero-order valence-electron chi connectivity index (χ0n) is 34.0. The topological polar surface area (TPSA) is 119 Å². The number of hydrogen-bond donors (Lipinski definition) is 3. The summed E-state index contributed by atoms with van der Waals surface area (Å²) in [6, 6.07) is -0.917. The van der Waals surface area contributed by atoms with Gasteiger partial charge in [-0.25, -0.2) is 4.79 Å². The van der Waals surface area contributed by atoms with E-state index in [1.165, 1.54) is 25.7 Å². The lowest BCUT2D eigenvalue weighted by atomic mass is 10.1. The number of carboxylic acids is 1. The molecule has 0 saturated heterocycles. The summed E-state index contributed by atoms with van der Waals surface area (Å²) in [5.74, 6) is -1.51. The molecule has 0 saturated carbocycles. The minimum atomic E-state index is -1.05. The molecule has 0 aliphatic carbocycles. The van der Waals surface area contributed by atoms with Gasteiger partial charge in [0.05, 0.1) is 0 Å². The number of carboxylic acid groups (broad SMARTS) is 1. The summed E-state index contributed by atoms with van der Waals surface area (Å²) in [7, 11) is 0. The second-order valence-electron chi connectivity index (χ2n) is 13.6. The Labute approximate surface area is 329 Å². The van der Waals surface area contributed by atoms with Crippen molar-refractivity contribution in [1.29, 1.82) is 0 Å². The van der Waals surface area contributed by atoms with Gasteiger partial charge in [0.25, 0.3) is 0 Å². The minimum absolute atomic E-state index is 0.179. The first-order valence-electron chi connectivity index (χ1n) is 21.1. The number of allylic oxidation sites excluding steroid dienone is 15. The summed E-state index contributed by atoms with van der Waals surface area (Å²) < 4.78 is 5.86. The number of hydrogen-bond acceptors (Lipinski definition) is 5. The zero-order chi connectivity index (χ0) is 39.6. The van der Waals surface area contributed by atoms with E-state index in [1.54, 1.807) is 0 Å². The standard InChI is InChI=1S/C47H76N2O5/c1-3-5-7-9-11-13-15-17-19-20-21-23-25-27-29-31-33-41-46(51)54-43(38-34-35-40-45(50)49-44(47(52)53)39-36-42-48)37-32-30-28-26-24-22-18-16-14-12-10-8-6-4-2/h5-8,11-14,17-19,22,26,28,32,37,43-44H,3-4,9-10,15-16,20-21,23-25,27,29-31,33-36,38-42,48H2,1-2H3,(H,49,50)(H,52,53)/b7-5-,8-6-,13-11-,14-12-,19-17-,22-18-,28-26-,37-32-. The van der Waals surface area contributed by atoms with E-state index in [9.17, 15) is 19.5 Å². The van der Waals surface area contributed by atoms with Crippen LogP contribution in [0.15, 0.2) is 97.2 Å². The first kappa shape index (κ1) is 50.3. The Balaban J connectivity index is 4.56. The number of ether oxygens (including phenoxy) is 1. The average molecular weight is 749 g/mol. The highest BCUT2D eigenvalue weighted by Gasteiger charge is 2.19. The predicted octanol–water partition coefficient (Wildman–Crippen LogP) is 11.9. The average Bonchev–Trinajstić information content (AvgIpc) is 3.16. The lowest BCUT2D eigenvalue weighted by Crippen LogP contribution is -2.40. The smallest absolute Gasteiger partial charge is 0.326 e. The Hall–Kier alpha value is -3.71. The van der Waals surface area contributed by atoms with Crippen molar-refractivity contribution in [2.75, 3.05) is 6.54 Å². The number of nitrogens with one attached hydrogen (secondary N) is 1. The Morgan fingerprint density at radius 2 is 1.02 bits per heavy atom. The van der Waals surface area contributed by atoms with Gasteiger partial charge in [-0.1, -0.05) is 137 Å². The van der Waals surface area contributed by atoms with Crippen molar-refractivity contribution in [2.24, 2.45) is 5.73 Å². The Kier molecular flexibility index (Phi) is 37.7. The molecule has 4 N–H and O–H groups in total. The van der Waals surface area contributed by atoms with Gasteiger partial charge in [-0.3, -0.25) is 9.59 Å². The lowest BCUT2D eigenvalue weighted by Gasteiger charge is -2.16. The van der Waals surface area contributed by atoms with E-state index < -0.39 is 12.0 Å². The molecule has 304 valence electrons. The first-order valence-corrected chi connectivity index (χ1v) is 21.1. The summed E-state index contributed by atoms with van der Waals surface area (Å²) in [4.78, 5) is 36.6. The monoisotopic (exact) mass is 749 g/mol. The second kappa shape index (κ2) is 40.5. The van der Waals surface area contributed by atoms with Crippen LogP contribution in [0.2, 0.25) is 0 Å². The van der Waals surface area contributed by atoms with Gasteiger partial charge in [0.15, 0.2) is 0 Å². The van der Waals surface area contributed by atoms with Crippen LogP contribution in [0.1, 0.15) is 162 Å². The third kappa shape index (κ3) is 36.6. The summed E-state index contributed by atoms with van der Waals surface area (Å²) in [5.41, 5.74) is 5.50. The van der Waals surface area contributed by atoms with Gasteiger partial charge in [0, 0.05) is 12.8 Å². The Bertz CT molecular complexity index is 1160. The van der Waals surface area contributed by atoms with Crippen molar-refractivity contribution >= 4 is 17.8 Å². The van der Waals surface area contributed by atoms with Crippen LogP contribution in [0.3, 0.4) is 0 Å². The number of unbranched alkanes of at least 4 members (excludes halogenated alkanes) is 8. The predicted molar refractivity (Wildman–Crippen MR) is 229 cm³/mol. The van der Waals surface area contributed by atoms with Crippen LogP contribution < -0.4 is 11.1 Å². The van der Waals surface area contributed by atoms with Crippen LogP contribution >= 0.6 is 0 Å². The molecule has 54 heavy (non-hydrogen) atoms. The number of esters is 1. The third-order valence-corrected chi connectivity index (χ3v) is 8.63. The number of nitrogens with two attached hydrogens (primary N) is 1. The summed E-state index contributed by atoms with van der Waals surface area (Å²) in [6.45, 7) is 4.67. The van der Waals surface area contributed by atoms with Crippen LogP contribution in [0.5, 0.6) is 0 Å². The largest absolute Gasteiger partial charge is 0.480 e. The molecule has 0 aliphatic heterocycles. The molecule has 0 aliphatic rings. The van der Waals surface area contributed by atoms with E-state index in [-0.39, 0.29) is 24.4 Å². The molecule has 7 nitrogen and oxygen atoms in total. The Morgan fingerprint density at radius 3 is 1.54 bits per heavy atom. The maximum Gasteiger partial charge on any atom is 0.326 e. The summed E-state index contributed by atoms with van der Waals surface area (Å²) >= 11 is 0. The third-order valence-electron chi connectivity index (χ3n) is 8.63. The molecular formula is C47H76N2O5. The number of aliphatic carboxylic acids is 1. The number of rotatable bonds is 36. The number of carbonyl (C=O) groups excluding carboxylic acids is 2. The first-order chi connectivity index (χ1) is 26.4. The number of carbonyl (C=O) groups is 3. The zero-order valence-corrected chi connectivity index (χ0v) is 34.0.